The Morgan fingerprint density at radius 2 is 2.23 bits per heavy atom. The standard InChI is InChI=1S/C10H19N3/c1-4-5-7-13-8-6-11-10(13)9-12(2)3/h6,8H,4-5,7,9H2,1-3H3. The average Bonchev–Trinajstić information content (AvgIpc) is 2.48. The van der Waals surface area contributed by atoms with Crippen molar-refractivity contribution in [3.63, 3.8) is 0 Å². The van der Waals surface area contributed by atoms with E-state index in [1.54, 1.807) is 0 Å². The lowest BCUT2D eigenvalue weighted by atomic mass is 10.3. The van der Waals surface area contributed by atoms with Crippen LogP contribution in [-0.4, -0.2) is 28.5 Å². The quantitative estimate of drug-likeness (QED) is 0.690. The Labute approximate surface area is 80.4 Å². The molecule has 0 spiro atoms. The van der Waals surface area contributed by atoms with E-state index in [4.69, 9.17) is 0 Å². The fourth-order valence-electron chi connectivity index (χ4n) is 1.31. The molecule has 0 amide bonds. The summed E-state index contributed by atoms with van der Waals surface area (Å²) in [4.78, 5) is 6.47. The average molecular weight is 181 g/mol. The third kappa shape index (κ3) is 3.19. The van der Waals surface area contributed by atoms with Gasteiger partial charge in [-0.25, -0.2) is 4.98 Å². The zero-order valence-corrected chi connectivity index (χ0v) is 8.82. The summed E-state index contributed by atoms with van der Waals surface area (Å²) in [6.07, 6.45) is 6.42. The van der Waals surface area contributed by atoms with Crippen LogP contribution < -0.4 is 0 Å². The number of unbranched alkanes of at least 4 members (excludes halogenated alkanes) is 1. The van der Waals surface area contributed by atoms with Crippen molar-refractivity contribution < 1.29 is 0 Å². The van der Waals surface area contributed by atoms with Crippen molar-refractivity contribution in [3.05, 3.63) is 18.2 Å². The lowest BCUT2D eigenvalue weighted by Gasteiger charge is -2.11. The van der Waals surface area contributed by atoms with E-state index in [2.05, 4.69) is 41.7 Å². The number of imidazole rings is 1. The molecule has 74 valence electrons. The monoisotopic (exact) mass is 181 g/mol. The van der Waals surface area contributed by atoms with Crippen molar-refractivity contribution in [1.82, 2.24) is 14.5 Å². The highest BCUT2D eigenvalue weighted by Gasteiger charge is 2.02. The third-order valence-electron chi connectivity index (χ3n) is 2.01. The Kier molecular flexibility index (Phi) is 3.96. The summed E-state index contributed by atoms with van der Waals surface area (Å²) in [6.45, 7) is 4.24. The van der Waals surface area contributed by atoms with Gasteiger partial charge in [0.25, 0.3) is 0 Å². The van der Waals surface area contributed by atoms with Gasteiger partial charge in [0, 0.05) is 18.9 Å². The van der Waals surface area contributed by atoms with E-state index in [0.29, 0.717) is 0 Å². The van der Waals surface area contributed by atoms with Gasteiger partial charge in [-0.2, -0.15) is 0 Å². The molecule has 0 aliphatic rings. The van der Waals surface area contributed by atoms with Crippen molar-refractivity contribution in [2.45, 2.75) is 32.9 Å². The molecule has 0 aliphatic carbocycles. The first-order valence-corrected chi connectivity index (χ1v) is 4.88. The highest BCUT2D eigenvalue weighted by Crippen LogP contribution is 2.02. The minimum atomic E-state index is 0.927. The molecule has 0 saturated carbocycles. The molecular formula is C10H19N3. The maximum atomic E-state index is 4.33. The van der Waals surface area contributed by atoms with E-state index in [9.17, 15) is 0 Å². The van der Waals surface area contributed by atoms with E-state index in [0.717, 1.165) is 13.1 Å². The van der Waals surface area contributed by atoms with Gasteiger partial charge in [0.15, 0.2) is 0 Å². The molecule has 0 saturated heterocycles. The van der Waals surface area contributed by atoms with Crippen molar-refractivity contribution in [2.24, 2.45) is 0 Å². The summed E-state index contributed by atoms with van der Waals surface area (Å²) in [7, 11) is 4.14. The number of nitrogens with zero attached hydrogens (tertiary/aromatic N) is 3. The normalized spacial score (nSPS) is 11.1. The van der Waals surface area contributed by atoms with E-state index in [1.165, 1.54) is 18.7 Å². The summed E-state index contributed by atoms with van der Waals surface area (Å²) in [6, 6.07) is 0. The van der Waals surface area contributed by atoms with Gasteiger partial charge in [-0.3, -0.25) is 0 Å². The third-order valence-corrected chi connectivity index (χ3v) is 2.01. The minimum Gasteiger partial charge on any atom is -0.334 e. The minimum absolute atomic E-state index is 0.927. The molecule has 1 rings (SSSR count). The van der Waals surface area contributed by atoms with E-state index in [1.807, 2.05) is 6.20 Å². The molecule has 0 aliphatic heterocycles. The summed E-state index contributed by atoms with van der Waals surface area (Å²) in [5.41, 5.74) is 0. The zero-order valence-electron chi connectivity index (χ0n) is 8.82. The number of aromatic nitrogens is 2. The van der Waals surface area contributed by atoms with Gasteiger partial charge in [0.2, 0.25) is 0 Å². The van der Waals surface area contributed by atoms with Crippen LogP contribution in [0.5, 0.6) is 0 Å². The van der Waals surface area contributed by atoms with E-state index >= 15 is 0 Å². The smallest absolute Gasteiger partial charge is 0.122 e. The Morgan fingerprint density at radius 3 is 2.85 bits per heavy atom. The van der Waals surface area contributed by atoms with Crippen molar-refractivity contribution >= 4 is 0 Å². The van der Waals surface area contributed by atoms with Gasteiger partial charge in [0.1, 0.15) is 5.82 Å². The molecule has 1 aromatic rings. The molecule has 0 fully saturated rings. The summed E-state index contributed by atoms with van der Waals surface area (Å²) >= 11 is 0. The molecule has 1 heterocycles. The van der Waals surface area contributed by atoms with Gasteiger partial charge in [-0.1, -0.05) is 13.3 Å². The zero-order chi connectivity index (χ0) is 9.68. The molecular weight excluding hydrogens is 162 g/mol. The second-order valence-corrected chi connectivity index (χ2v) is 3.63. The molecule has 0 radical (unpaired) electrons. The maximum Gasteiger partial charge on any atom is 0.122 e. The second-order valence-electron chi connectivity index (χ2n) is 3.63. The van der Waals surface area contributed by atoms with Crippen molar-refractivity contribution in [2.75, 3.05) is 14.1 Å². The maximum absolute atomic E-state index is 4.33. The topological polar surface area (TPSA) is 21.1 Å². The van der Waals surface area contributed by atoms with E-state index in [-0.39, 0.29) is 0 Å². The molecule has 3 nitrogen and oxygen atoms in total. The number of hydrogen-bond acceptors (Lipinski definition) is 2. The first kappa shape index (κ1) is 10.3. The van der Waals surface area contributed by atoms with Crippen LogP contribution in [0.1, 0.15) is 25.6 Å². The molecule has 13 heavy (non-hydrogen) atoms. The largest absolute Gasteiger partial charge is 0.334 e. The van der Waals surface area contributed by atoms with Crippen LogP contribution in [0.25, 0.3) is 0 Å². The van der Waals surface area contributed by atoms with Crippen LogP contribution in [-0.2, 0) is 13.1 Å². The van der Waals surface area contributed by atoms with Crippen molar-refractivity contribution in [3.8, 4) is 0 Å². The van der Waals surface area contributed by atoms with Crippen LogP contribution in [0.2, 0.25) is 0 Å². The lowest BCUT2D eigenvalue weighted by Crippen LogP contribution is -2.15. The first-order valence-electron chi connectivity index (χ1n) is 4.88. The molecule has 0 bridgehead atoms. The Bertz CT molecular complexity index is 240. The van der Waals surface area contributed by atoms with Crippen molar-refractivity contribution in [1.29, 1.82) is 0 Å². The molecule has 0 unspecified atom stereocenters. The van der Waals surface area contributed by atoms with Gasteiger partial charge >= 0.3 is 0 Å². The van der Waals surface area contributed by atoms with Gasteiger partial charge in [-0.05, 0) is 20.5 Å². The predicted octanol–water partition coefficient (Wildman–Crippen LogP) is 1.74. The fourth-order valence-corrected chi connectivity index (χ4v) is 1.31. The Morgan fingerprint density at radius 1 is 1.46 bits per heavy atom. The SMILES string of the molecule is CCCCn1ccnc1CN(C)C. The molecule has 0 aromatic carbocycles. The van der Waals surface area contributed by atoms with Gasteiger partial charge in [-0.15, -0.1) is 0 Å². The Balaban J connectivity index is 2.55. The van der Waals surface area contributed by atoms with E-state index < -0.39 is 0 Å². The number of hydrogen-bond donors (Lipinski definition) is 0. The first-order chi connectivity index (χ1) is 6.24. The summed E-state index contributed by atoms with van der Waals surface area (Å²) < 4.78 is 2.24. The van der Waals surface area contributed by atoms with Crippen LogP contribution in [0.15, 0.2) is 12.4 Å². The Hall–Kier alpha value is -0.830. The fraction of sp³-hybridized carbons (Fsp3) is 0.700. The molecule has 0 atom stereocenters. The van der Waals surface area contributed by atoms with Crippen LogP contribution in [0.3, 0.4) is 0 Å². The molecule has 0 N–H and O–H groups in total. The highest BCUT2D eigenvalue weighted by molar-refractivity contribution is 4.91. The van der Waals surface area contributed by atoms with Gasteiger partial charge in [0.05, 0.1) is 6.54 Å². The molecule has 3 heteroatoms. The van der Waals surface area contributed by atoms with Crippen LogP contribution in [0.4, 0.5) is 0 Å². The molecule has 1 aromatic heterocycles. The summed E-state index contributed by atoms with van der Waals surface area (Å²) in [5.74, 6) is 1.17. The summed E-state index contributed by atoms with van der Waals surface area (Å²) in [5, 5.41) is 0. The van der Waals surface area contributed by atoms with Gasteiger partial charge < -0.3 is 9.47 Å². The second kappa shape index (κ2) is 5.02. The van der Waals surface area contributed by atoms with Crippen LogP contribution in [0, 0.1) is 0 Å². The number of aryl methyl sites for hydroxylation is 1. The highest BCUT2D eigenvalue weighted by atomic mass is 15.1. The predicted molar refractivity (Wildman–Crippen MR) is 54.5 cm³/mol. The number of rotatable bonds is 5. The van der Waals surface area contributed by atoms with Crippen LogP contribution >= 0.6 is 0 Å². The lowest BCUT2D eigenvalue weighted by molar-refractivity contribution is 0.379.